The Balaban J connectivity index is 2.23. The predicted molar refractivity (Wildman–Crippen MR) is 65.6 cm³/mol. The highest BCUT2D eigenvalue weighted by Gasteiger charge is 2.39. The lowest BCUT2D eigenvalue weighted by molar-refractivity contribution is -0.142. The third-order valence-corrected chi connectivity index (χ3v) is 3.21. The van der Waals surface area contributed by atoms with Crippen LogP contribution in [-0.4, -0.2) is 24.2 Å². The summed E-state index contributed by atoms with van der Waals surface area (Å²) in [5, 5.41) is 12.3. The number of rotatable bonds is 3. The predicted octanol–water partition coefficient (Wildman–Crippen LogP) is 0.966. The fourth-order valence-corrected chi connectivity index (χ4v) is 2.19. The average Bonchev–Trinajstić information content (AvgIpc) is 2.71. The summed E-state index contributed by atoms with van der Waals surface area (Å²) in [4.78, 5) is 11.2. The number of aliphatic carboxylic acids is 1. The summed E-state index contributed by atoms with van der Waals surface area (Å²) in [7, 11) is 1.85. The van der Waals surface area contributed by atoms with E-state index in [9.17, 15) is 9.90 Å². The minimum Gasteiger partial charge on any atom is -0.481 e. The number of anilines is 1. The number of hydrogen-bond donors (Lipinski definition) is 4. The second-order valence-electron chi connectivity index (χ2n) is 4.29. The summed E-state index contributed by atoms with van der Waals surface area (Å²) in [5.74, 6) is -1.23. The number of benzene rings is 1. The van der Waals surface area contributed by atoms with Crippen LogP contribution in [0.15, 0.2) is 24.3 Å². The summed E-state index contributed by atoms with van der Waals surface area (Å²) in [5.41, 5.74) is 8.02. The summed E-state index contributed by atoms with van der Waals surface area (Å²) in [6, 6.07) is 7.51. The summed E-state index contributed by atoms with van der Waals surface area (Å²) in [6.07, 6.45) is 0. The molecule has 1 saturated heterocycles. The zero-order valence-electron chi connectivity index (χ0n) is 9.90. The zero-order valence-corrected chi connectivity index (χ0v) is 9.90. The first-order valence-corrected chi connectivity index (χ1v) is 5.65. The van der Waals surface area contributed by atoms with Crippen LogP contribution in [0.5, 0.6) is 0 Å². The van der Waals surface area contributed by atoms with Crippen molar-refractivity contribution >= 4 is 11.7 Å². The third-order valence-electron chi connectivity index (χ3n) is 3.21. The third kappa shape index (κ3) is 2.25. The number of carboxylic acid groups (broad SMARTS) is 1. The Bertz CT molecular complexity index is 405. The van der Waals surface area contributed by atoms with Crippen molar-refractivity contribution in [1.29, 1.82) is 0 Å². The SMILES string of the molecule is CNc1ccc(C2NNC(C)C2C(=O)O)cc1. The molecule has 5 heteroatoms. The smallest absolute Gasteiger partial charge is 0.310 e. The summed E-state index contributed by atoms with van der Waals surface area (Å²) in [6.45, 7) is 1.87. The Kier molecular flexibility index (Phi) is 3.31. The van der Waals surface area contributed by atoms with Gasteiger partial charge in [-0.2, -0.15) is 0 Å². The number of carboxylic acids is 1. The van der Waals surface area contributed by atoms with Crippen molar-refractivity contribution in [3.63, 3.8) is 0 Å². The van der Waals surface area contributed by atoms with Gasteiger partial charge in [0.2, 0.25) is 0 Å². The molecular weight excluding hydrogens is 218 g/mol. The molecule has 0 bridgehead atoms. The second-order valence-corrected chi connectivity index (χ2v) is 4.29. The molecule has 0 aliphatic carbocycles. The Morgan fingerprint density at radius 3 is 2.47 bits per heavy atom. The van der Waals surface area contributed by atoms with Gasteiger partial charge < -0.3 is 10.4 Å². The van der Waals surface area contributed by atoms with E-state index in [2.05, 4.69) is 16.2 Å². The lowest BCUT2D eigenvalue weighted by Crippen LogP contribution is -2.30. The molecule has 0 amide bonds. The quantitative estimate of drug-likeness (QED) is 0.628. The zero-order chi connectivity index (χ0) is 12.4. The maximum absolute atomic E-state index is 11.2. The summed E-state index contributed by atoms with van der Waals surface area (Å²) >= 11 is 0. The summed E-state index contributed by atoms with van der Waals surface area (Å²) < 4.78 is 0. The van der Waals surface area contributed by atoms with E-state index in [0.29, 0.717) is 0 Å². The van der Waals surface area contributed by atoms with Crippen molar-refractivity contribution in [2.75, 3.05) is 12.4 Å². The topological polar surface area (TPSA) is 73.4 Å². The van der Waals surface area contributed by atoms with Gasteiger partial charge in [0.25, 0.3) is 0 Å². The van der Waals surface area contributed by atoms with Crippen LogP contribution in [-0.2, 0) is 4.79 Å². The highest BCUT2D eigenvalue weighted by atomic mass is 16.4. The molecule has 0 spiro atoms. The van der Waals surface area contributed by atoms with Gasteiger partial charge in [0.1, 0.15) is 0 Å². The standard InChI is InChI=1S/C12H17N3O2/c1-7-10(12(16)17)11(15-14-7)8-3-5-9(13-2)6-4-8/h3-7,10-11,13-15H,1-2H3,(H,16,17). The molecule has 1 aromatic rings. The average molecular weight is 235 g/mol. The molecule has 1 aliphatic rings. The molecule has 0 saturated carbocycles. The van der Waals surface area contributed by atoms with Crippen molar-refractivity contribution in [2.45, 2.75) is 19.0 Å². The Morgan fingerprint density at radius 2 is 1.94 bits per heavy atom. The molecule has 4 N–H and O–H groups in total. The number of hydrazine groups is 1. The van der Waals surface area contributed by atoms with Crippen LogP contribution in [0, 0.1) is 5.92 Å². The highest BCUT2D eigenvalue weighted by Crippen LogP contribution is 2.29. The normalized spacial score (nSPS) is 28.0. The molecule has 0 radical (unpaired) electrons. The van der Waals surface area contributed by atoms with E-state index >= 15 is 0 Å². The van der Waals surface area contributed by atoms with E-state index in [1.165, 1.54) is 0 Å². The van der Waals surface area contributed by atoms with Crippen LogP contribution in [0.1, 0.15) is 18.5 Å². The molecule has 1 heterocycles. The van der Waals surface area contributed by atoms with E-state index < -0.39 is 11.9 Å². The van der Waals surface area contributed by atoms with Crippen molar-refractivity contribution in [3.05, 3.63) is 29.8 Å². The minimum absolute atomic E-state index is 0.0820. The van der Waals surface area contributed by atoms with Gasteiger partial charge in [0.05, 0.1) is 12.0 Å². The first-order chi connectivity index (χ1) is 8.13. The largest absolute Gasteiger partial charge is 0.481 e. The van der Waals surface area contributed by atoms with Crippen LogP contribution in [0.4, 0.5) is 5.69 Å². The van der Waals surface area contributed by atoms with Gasteiger partial charge in [-0.25, -0.2) is 5.43 Å². The highest BCUT2D eigenvalue weighted by molar-refractivity contribution is 5.72. The van der Waals surface area contributed by atoms with E-state index in [1.807, 2.05) is 38.2 Å². The molecule has 1 fully saturated rings. The molecule has 92 valence electrons. The monoisotopic (exact) mass is 235 g/mol. The molecule has 17 heavy (non-hydrogen) atoms. The molecule has 3 atom stereocenters. The van der Waals surface area contributed by atoms with E-state index in [0.717, 1.165) is 11.3 Å². The Morgan fingerprint density at radius 1 is 1.29 bits per heavy atom. The van der Waals surface area contributed by atoms with Crippen LogP contribution in [0.3, 0.4) is 0 Å². The fourth-order valence-electron chi connectivity index (χ4n) is 2.19. The molecule has 3 unspecified atom stereocenters. The molecule has 2 rings (SSSR count). The van der Waals surface area contributed by atoms with Crippen LogP contribution in [0.2, 0.25) is 0 Å². The lowest BCUT2D eigenvalue weighted by Gasteiger charge is -2.17. The maximum atomic E-state index is 11.2. The number of carbonyl (C=O) groups is 1. The molecule has 1 aliphatic heterocycles. The number of nitrogens with one attached hydrogen (secondary N) is 3. The second kappa shape index (κ2) is 4.73. The Labute approximate surface area is 100 Å². The van der Waals surface area contributed by atoms with Gasteiger partial charge in [0.15, 0.2) is 0 Å². The van der Waals surface area contributed by atoms with Gasteiger partial charge in [-0.3, -0.25) is 10.2 Å². The van der Waals surface area contributed by atoms with Crippen LogP contribution < -0.4 is 16.2 Å². The van der Waals surface area contributed by atoms with Crippen molar-refractivity contribution < 1.29 is 9.90 Å². The van der Waals surface area contributed by atoms with Crippen molar-refractivity contribution in [3.8, 4) is 0 Å². The van der Waals surface area contributed by atoms with Gasteiger partial charge in [-0.05, 0) is 24.6 Å². The first kappa shape index (κ1) is 11.9. The molecule has 5 nitrogen and oxygen atoms in total. The van der Waals surface area contributed by atoms with E-state index in [1.54, 1.807) is 0 Å². The van der Waals surface area contributed by atoms with E-state index in [-0.39, 0.29) is 12.1 Å². The Hall–Kier alpha value is -1.59. The fraction of sp³-hybridized carbons (Fsp3) is 0.417. The minimum atomic E-state index is -0.780. The van der Waals surface area contributed by atoms with Crippen LogP contribution in [0.25, 0.3) is 0 Å². The number of hydrogen-bond acceptors (Lipinski definition) is 4. The van der Waals surface area contributed by atoms with E-state index in [4.69, 9.17) is 0 Å². The van der Waals surface area contributed by atoms with Gasteiger partial charge in [0, 0.05) is 18.8 Å². The first-order valence-electron chi connectivity index (χ1n) is 5.65. The van der Waals surface area contributed by atoms with Crippen LogP contribution >= 0.6 is 0 Å². The van der Waals surface area contributed by atoms with Gasteiger partial charge in [-0.15, -0.1) is 0 Å². The molecular formula is C12H17N3O2. The van der Waals surface area contributed by atoms with Crippen molar-refractivity contribution in [2.24, 2.45) is 5.92 Å². The maximum Gasteiger partial charge on any atom is 0.310 e. The lowest BCUT2D eigenvalue weighted by atomic mass is 9.90. The molecule has 0 aromatic heterocycles. The van der Waals surface area contributed by atoms with Gasteiger partial charge in [-0.1, -0.05) is 12.1 Å². The van der Waals surface area contributed by atoms with Gasteiger partial charge >= 0.3 is 5.97 Å². The van der Waals surface area contributed by atoms with Crippen molar-refractivity contribution in [1.82, 2.24) is 10.9 Å². The molecule has 1 aromatic carbocycles.